The van der Waals surface area contributed by atoms with Crippen LogP contribution >= 0.6 is 0 Å². The normalized spacial score (nSPS) is 23.5. The average molecular weight is 393 g/mol. The maximum absolute atomic E-state index is 12.2. The van der Waals surface area contributed by atoms with E-state index < -0.39 is 12.2 Å². The standard InChI is InChI=1S/C23H36O5/c1-17(2)10-9-11-19(25)13-14-21-20(22(26)16-23(21)27)12-7-5-4-6-8-15-28-18(3)24/h5,7,10,13-14,19-21,23,25,27H,4,6,8-9,11-12,15-16H2,1-3H3/b7-5-,14-13+/t19-,20-,21-,23-/m1/s1. The largest absolute Gasteiger partial charge is 0.466 e. The predicted octanol–water partition coefficient (Wildman–Crippen LogP) is 3.90. The summed E-state index contributed by atoms with van der Waals surface area (Å²) < 4.78 is 4.89. The summed E-state index contributed by atoms with van der Waals surface area (Å²) in [6.07, 6.45) is 13.3. The van der Waals surface area contributed by atoms with Crippen LogP contribution in [0.2, 0.25) is 0 Å². The zero-order valence-electron chi connectivity index (χ0n) is 17.5. The summed E-state index contributed by atoms with van der Waals surface area (Å²) in [5.41, 5.74) is 1.23. The second-order valence-electron chi connectivity index (χ2n) is 7.78. The molecule has 0 aliphatic heterocycles. The molecule has 1 aliphatic carbocycles. The molecule has 0 amide bonds. The lowest BCUT2D eigenvalue weighted by Crippen LogP contribution is -2.18. The van der Waals surface area contributed by atoms with Crippen LogP contribution in [0.1, 0.15) is 65.7 Å². The van der Waals surface area contributed by atoms with Crippen LogP contribution in [0.15, 0.2) is 36.0 Å². The minimum absolute atomic E-state index is 0.0840. The third-order valence-electron chi connectivity index (χ3n) is 4.93. The highest BCUT2D eigenvalue weighted by Gasteiger charge is 2.39. The molecule has 4 atom stereocenters. The molecule has 1 saturated carbocycles. The molecule has 5 nitrogen and oxygen atoms in total. The number of aliphatic hydroxyl groups is 2. The molecular weight excluding hydrogens is 356 g/mol. The van der Waals surface area contributed by atoms with Crippen LogP contribution in [0.25, 0.3) is 0 Å². The number of carbonyl (C=O) groups excluding carboxylic acids is 2. The molecule has 5 heteroatoms. The molecule has 0 aromatic heterocycles. The molecule has 0 aromatic rings. The number of rotatable bonds is 12. The lowest BCUT2D eigenvalue weighted by Gasteiger charge is -2.16. The van der Waals surface area contributed by atoms with E-state index in [9.17, 15) is 19.8 Å². The van der Waals surface area contributed by atoms with Gasteiger partial charge in [0.2, 0.25) is 0 Å². The topological polar surface area (TPSA) is 83.8 Å². The molecule has 0 spiro atoms. The number of esters is 1. The number of hydrogen-bond acceptors (Lipinski definition) is 5. The number of Topliss-reactive ketones (excluding diaryl/α,β-unsaturated/α-hetero) is 1. The van der Waals surface area contributed by atoms with Crippen LogP contribution in [0.3, 0.4) is 0 Å². The van der Waals surface area contributed by atoms with Gasteiger partial charge in [0.15, 0.2) is 0 Å². The molecule has 1 rings (SSSR count). The Bertz CT molecular complexity index is 572. The Balaban J connectivity index is 2.42. The number of carbonyl (C=O) groups is 2. The van der Waals surface area contributed by atoms with Crippen molar-refractivity contribution in [1.82, 2.24) is 0 Å². The van der Waals surface area contributed by atoms with Crippen LogP contribution in [-0.4, -0.2) is 40.8 Å². The Labute approximate surface area is 169 Å². The van der Waals surface area contributed by atoms with Crippen molar-refractivity contribution >= 4 is 11.8 Å². The van der Waals surface area contributed by atoms with E-state index in [-0.39, 0.29) is 30.0 Å². The average Bonchev–Trinajstić information content (AvgIpc) is 2.87. The molecule has 2 N–H and O–H groups in total. The first-order valence-corrected chi connectivity index (χ1v) is 10.3. The number of unbranched alkanes of at least 4 members (excludes halogenated alkanes) is 2. The lowest BCUT2D eigenvalue weighted by molar-refractivity contribution is -0.141. The van der Waals surface area contributed by atoms with Gasteiger partial charge in [-0.15, -0.1) is 0 Å². The highest BCUT2D eigenvalue weighted by molar-refractivity contribution is 5.84. The fourth-order valence-electron chi connectivity index (χ4n) is 3.36. The third kappa shape index (κ3) is 10.00. The Morgan fingerprint density at radius 3 is 2.64 bits per heavy atom. The lowest BCUT2D eigenvalue weighted by atomic mass is 9.90. The monoisotopic (exact) mass is 392 g/mol. The Morgan fingerprint density at radius 1 is 1.21 bits per heavy atom. The van der Waals surface area contributed by atoms with Crippen molar-refractivity contribution < 1.29 is 24.5 Å². The van der Waals surface area contributed by atoms with E-state index >= 15 is 0 Å². The Morgan fingerprint density at radius 2 is 1.96 bits per heavy atom. The molecule has 0 heterocycles. The van der Waals surface area contributed by atoms with E-state index in [4.69, 9.17) is 4.74 Å². The molecule has 0 unspecified atom stereocenters. The van der Waals surface area contributed by atoms with Crippen molar-refractivity contribution in [2.75, 3.05) is 6.61 Å². The van der Waals surface area contributed by atoms with Crippen molar-refractivity contribution in [2.24, 2.45) is 11.8 Å². The second-order valence-corrected chi connectivity index (χ2v) is 7.78. The van der Waals surface area contributed by atoms with Crippen molar-refractivity contribution in [3.05, 3.63) is 36.0 Å². The molecule has 1 fully saturated rings. The summed E-state index contributed by atoms with van der Waals surface area (Å²) in [6, 6.07) is 0. The highest BCUT2D eigenvalue weighted by atomic mass is 16.5. The van der Waals surface area contributed by atoms with Gasteiger partial charge in [0.05, 0.1) is 18.8 Å². The fourth-order valence-corrected chi connectivity index (χ4v) is 3.36. The molecule has 158 valence electrons. The summed E-state index contributed by atoms with van der Waals surface area (Å²) >= 11 is 0. The minimum atomic E-state index is -0.670. The Hall–Kier alpha value is -1.72. The van der Waals surface area contributed by atoms with E-state index in [0.717, 1.165) is 25.7 Å². The molecule has 0 radical (unpaired) electrons. The number of ketones is 1. The maximum Gasteiger partial charge on any atom is 0.302 e. The minimum Gasteiger partial charge on any atom is -0.466 e. The zero-order valence-corrected chi connectivity index (χ0v) is 17.5. The van der Waals surface area contributed by atoms with Crippen LogP contribution in [0, 0.1) is 11.8 Å². The van der Waals surface area contributed by atoms with Crippen molar-refractivity contribution in [3.8, 4) is 0 Å². The van der Waals surface area contributed by atoms with Gasteiger partial charge < -0.3 is 14.9 Å². The van der Waals surface area contributed by atoms with Crippen LogP contribution < -0.4 is 0 Å². The fraction of sp³-hybridized carbons (Fsp3) is 0.652. The number of hydrogen-bond donors (Lipinski definition) is 2. The van der Waals surface area contributed by atoms with Gasteiger partial charge >= 0.3 is 5.97 Å². The highest BCUT2D eigenvalue weighted by Crippen LogP contribution is 2.33. The summed E-state index contributed by atoms with van der Waals surface area (Å²) in [5, 5.41) is 20.3. The van der Waals surface area contributed by atoms with Gasteiger partial charge in [0.25, 0.3) is 0 Å². The molecule has 0 saturated heterocycles. The molecule has 28 heavy (non-hydrogen) atoms. The molecule has 1 aliphatic rings. The SMILES string of the molecule is CC(=O)OCCCC/C=C\C[C@H]1C(=O)C[C@@H](O)[C@@H]1/C=C/[C@H](O)CCC=C(C)C. The number of allylic oxidation sites excluding steroid dienone is 4. The van der Waals surface area contributed by atoms with Gasteiger partial charge in [0.1, 0.15) is 5.78 Å². The van der Waals surface area contributed by atoms with E-state index in [1.807, 2.05) is 32.1 Å². The summed E-state index contributed by atoms with van der Waals surface area (Å²) in [4.78, 5) is 22.9. The van der Waals surface area contributed by atoms with Gasteiger partial charge in [-0.3, -0.25) is 9.59 Å². The van der Waals surface area contributed by atoms with Gasteiger partial charge in [-0.1, -0.05) is 36.0 Å². The van der Waals surface area contributed by atoms with E-state index in [1.54, 1.807) is 6.08 Å². The van der Waals surface area contributed by atoms with Gasteiger partial charge in [-0.25, -0.2) is 0 Å². The summed E-state index contributed by atoms with van der Waals surface area (Å²) in [5.74, 6) is -0.636. The second kappa shape index (κ2) is 13.5. The van der Waals surface area contributed by atoms with Crippen LogP contribution in [0.5, 0.6) is 0 Å². The Kier molecular flexibility index (Phi) is 11.7. The molecular formula is C23H36O5. The molecule has 0 aromatic carbocycles. The quantitative estimate of drug-likeness (QED) is 0.299. The van der Waals surface area contributed by atoms with Gasteiger partial charge in [0, 0.05) is 25.2 Å². The molecule has 0 bridgehead atoms. The predicted molar refractivity (Wildman–Crippen MR) is 111 cm³/mol. The van der Waals surface area contributed by atoms with Crippen molar-refractivity contribution in [1.29, 1.82) is 0 Å². The van der Waals surface area contributed by atoms with E-state index in [0.29, 0.717) is 19.4 Å². The first kappa shape index (κ1) is 24.3. The van der Waals surface area contributed by atoms with Gasteiger partial charge in [-0.2, -0.15) is 0 Å². The first-order chi connectivity index (χ1) is 13.3. The number of aliphatic hydroxyl groups excluding tert-OH is 2. The third-order valence-corrected chi connectivity index (χ3v) is 4.93. The summed E-state index contributed by atoms with van der Waals surface area (Å²) in [7, 11) is 0. The van der Waals surface area contributed by atoms with Crippen LogP contribution in [0.4, 0.5) is 0 Å². The van der Waals surface area contributed by atoms with E-state index in [2.05, 4.69) is 6.08 Å². The van der Waals surface area contributed by atoms with Crippen LogP contribution in [-0.2, 0) is 14.3 Å². The smallest absolute Gasteiger partial charge is 0.302 e. The maximum atomic E-state index is 12.2. The zero-order chi connectivity index (χ0) is 20.9. The summed E-state index contributed by atoms with van der Waals surface area (Å²) in [6.45, 7) is 5.90. The van der Waals surface area contributed by atoms with E-state index in [1.165, 1.54) is 12.5 Å². The van der Waals surface area contributed by atoms with Crippen molar-refractivity contribution in [3.63, 3.8) is 0 Å². The first-order valence-electron chi connectivity index (χ1n) is 10.3. The van der Waals surface area contributed by atoms with Crippen molar-refractivity contribution in [2.45, 2.75) is 77.9 Å². The van der Waals surface area contributed by atoms with Gasteiger partial charge in [-0.05, 0) is 52.4 Å². The number of ether oxygens (including phenoxy) is 1.